The Labute approximate surface area is 205 Å². The van der Waals surface area contributed by atoms with Crippen molar-refractivity contribution >= 4 is 28.9 Å². The van der Waals surface area contributed by atoms with Crippen LogP contribution in [0.15, 0.2) is 17.6 Å². The minimum absolute atomic E-state index is 0.00464. The molecule has 1 aliphatic carbocycles. The van der Waals surface area contributed by atoms with Gasteiger partial charge in [-0.2, -0.15) is 0 Å². The van der Waals surface area contributed by atoms with Gasteiger partial charge in [0.1, 0.15) is 0 Å². The summed E-state index contributed by atoms with van der Waals surface area (Å²) in [6, 6.07) is 1.96. The second-order valence-electron chi connectivity index (χ2n) is 9.07. The summed E-state index contributed by atoms with van der Waals surface area (Å²) in [5.74, 6) is 6.38. The van der Waals surface area contributed by atoms with Crippen LogP contribution in [0.5, 0.6) is 0 Å². The average Bonchev–Trinajstić information content (AvgIpc) is 3.19. The van der Waals surface area contributed by atoms with Crippen molar-refractivity contribution in [2.24, 2.45) is 16.1 Å². The van der Waals surface area contributed by atoms with Crippen LogP contribution in [0.4, 0.5) is 5.69 Å². The molecule has 2 rings (SSSR count). The van der Waals surface area contributed by atoms with Crippen molar-refractivity contribution < 1.29 is 0 Å². The molecule has 32 heavy (non-hydrogen) atoms. The van der Waals surface area contributed by atoms with E-state index in [0.29, 0.717) is 0 Å². The van der Waals surface area contributed by atoms with Crippen molar-refractivity contribution in [3.8, 4) is 11.8 Å². The van der Waals surface area contributed by atoms with Gasteiger partial charge in [-0.15, -0.1) is 11.3 Å². The Morgan fingerprint density at radius 1 is 1.03 bits per heavy atom. The first-order valence-corrected chi connectivity index (χ1v) is 13.6. The fourth-order valence-corrected chi connectivity index (χ4v) is 3.79. The van der Waals surface area contributed by atoms with E-state index in [2.05, 4.69) is 58.0 Å². The molecule has 0 bridgehead atoms. The van der Waals surface area contributed by atoms with Gasteiger partial charge in [0.05, 0.1) is 21.8 Å². The number of nitrogens with two attached hydrogens (primary N) is 1. The van der Waals surface area contributed by atoms with Crippen molar-refractivity contribution in [3.05, 3.63) is 22.4 Å². The van der Waals surface area contributed by atoms with Crippen LogP contribution in [0, 0.1) is 17.3 Å². The molecule has 0 amide bonds. The summed E-state index contributed by atoms with van der Waals surface area (Å²) in [6.07, 6.45) is 17.3. The number of allylic oxidation sites excluding steroid dienone is 1. The fraction of sp³-hybridized carbons (Fsp3) is 0.690. The maximum Gasteiger partial charge on any atom is 0.0860 e. The molecule has 0 unspecified atom stereocenters. The van der Waals surface area contributed by atoms with Gasteiger partial charge in [-0.3, -0.25) is 0 Å². The molecule has 0 radical (unpaired) electrons. The van der Waals surface area contributed by atoms with E-state index in [1.54, 1.807) is 11.3 Å². The van der Waals surface area contributed by atoms with E-state index >= 15 is 0 Å². The summed E-state index contributed by atoms with van der Waals surface area (Å²) in [5, 5.41) is 0. The minimum atomic E-state index is 0.00464. The van der Waals surface area contributed by atoms with Crippen LogP contribution in [-0.4, -0.2) is 6.34 Å². The van der Waals surface area contributed by atoms with Gasteiger partial charge in [-0.05, 0) is 39.3 Å². The number of rotatable bonds is 6. The highest BCUT2D eigenvalue weighted by atomic mass is 32.1. The highest BCUT2D eigenvalue weighted by Crippen LogP contribution is 2.34. The maximum absolute atomic E-state index is 5.33. The minimum Gasteiger partial charge on any atom is -0.390 e. The highest BCUT2D eigenvalue weighted by molar-refractivity contribution is 7.14. The number of aliphatic imine (C=N–C) groups is 1. The molecule has 0 spiro atoms. The average molecular weight is 461 g/mol. The van der Waals surface area contributed by atoms with Crippen LogP contribution in [0.25, 0.3) is 5.57 Å². The molecule has 1 aromatic rings. The fourth-order valence-electron chi connectivity index (χ4n) is 2.91. The summed E-state index contributed by atoms with van der Waals surface area (Å²) in [5.41, 5.74) is 7.17. The Morgan fingerprint density at radius 2 is 1.50 bits per heavy atom. The standard InChI is InChI=1S/C14H18N2S.C7H16.C6H12.C2H6/c1-10(2)13-12(16-9-15)8-11(17-13)6-7-14(3,4)5;1-3-5-7-6-4-2;1-2-4-6-5-3-1;1-2/h8-9H,1H2,2-5H3,(H2,15,16);3-7H2,1-2H3;1-6H2;1-2H3. The zero-order chi connectivity index (χ0) is 24.8. The molecule has 184 valence electrons. The van der Waals surface area contributed by atoms with Crippen LogP contribution >= 0.6 is 11.3 Å². The van der Waals surface area contributed by atoms with Crippen LogP contribution in [0.2, 0.25) is 0 Å². The molecule has 1 fully saturated rings. The summed E-state index contributed by atoms with van der Waals surface area (Å²) in [7, 11) is 0. The molecule has 1 saturated carbocycles. The van der Waals surface area contributed by atoms with E-state index in [-0.39, 0.29) is 5.41 Å². The molecule has 1 aliphatic rings. The molecule has 2 nitrogen and oxygen atoms in total. The quantitative estimate of drug-likeness (QED) is 0.195. The molecule has 0 saturated heterocycles. The molecule has 0 atom stereocenters. The van der Waals surface area contributed by atoms with Gasteiger partial charge in [0.25, 0.3) is 0 Å². The zero-order valence-corrected chi connectivity index (χ0v) is 23.4. The van der Waals surface area contributed by atoms with Gasteiger partial charge in [0.2, 0.25) is 0 Å². The van der Waals surface area contributed by atoms with E-state index in [1.165, 1.54) is 77.0 Å². The molecule has 2 N–H and O–H groups in total. The Kier molecular flexibility index (Phi) is 21.8. The van der Waals surface area contributed by atoms with Crippen LogP contribution in [-0.2, 0) is 0 Å². The Morgan fingerprint density at radius 3 is 1.84 bits per heavy atom. The summed E-state index contributed by atoms with van der Waals surface area (Å²) < 4.78 is 0. The third-order valence-corrected chi connectivity index (χ3v) is 5.78. The normalized spacial score (nSPS) is 12.8. The number of thiophene rings is 1. The number of nitrogens with zero attached hydrogens (tertiary/aromatic N) is 1. The van der Waals surface area contributed by atoms with E-state index in [4.69, 9.17) is 5.73 Å². The maximum atomic E-state index is 5.33. The van der Waals surface area contributed by atoms with Crippen molar-refractivity contribution in [2.45, 2.75) is 126 Å². The second-order valence-corrected chi connectivity index (χ2v) is 10.1. The molecular formula is C29H52N2S. The van der Waals surface area contributed by atoms with E-state index < -0.39 is 0 Å². The van der Waals surface area contributed by atoms with E-state index in [0.717, 1.165) is 21.0 Å². The van der Waals surface area contributed by atoms with Crippen LogP contribution in [0.3, 0.4) is 0 Å². The van der Waals surface area contributed by atoms with Crippen molar-refractivity contribution in [1.82, 2.24) is 0 Å². The van der Waals surface area contributed by atoms with Gasteiger partial charge in [0.15, 0.2) is 0 Å². The Hall–Kier alpha value is -1.53. The number of unbranched alkanes of at least 4 members (excludes halogenated alkanes) is 4. The van der Waals surface area contributed by atoms with E-state index in [9.17, 15) is 0 Å². The van der Waals surface area contributed by atoms with Gasteiger partial charge >= 0.3 is 0 Å². The zero-order valence-electron chi connectivity index (χ0n) is 22.6. The van der Waals surface area contributed by atoms with Gasteiger partial charge < -0.3 is 5.73 Å². The van der Waals surface area contributed by atoms with Crippen LogP contribution < -0.4 is 5.73 Å². The van der Waals surface area contributed by atoms with Crippen LogP contribution in [0.1, 0.15) is 136 Å². The van der Waals surface area contributed by atoms with Crippen molar-refractivity contribution in [2.75, 3.05) is 0 Å². The predicted molar refractivity (Wildman–Crippen MR) is 151 cm³/mol. The van der Waals surface area contributed by atoms with Crippen molar-refractivity contribution in [1.29, 1.82) is 0 Å². The first kappa shape index (κ1) is 32.6. The lowest BCUT2D eigenvalue weighted by molar-refractivity contribution is 0.504. The summed E-state index contributed by atoms with van der Waals surface area (Å²) >= 11 is 1.61. The van der Waals surface area contributed by atoms with Gasteiger partial charge in [-0.25, -0.2) is 4.99 Å². The van der Waals surface area contributed by atoms with Crippen molar-refractivity contribution in [3.63, 3.8) is 0 Å². The lowest BCUT2D eigenvalue weighted by Crippen LogP contribution is -1.98. The molecule has 1 heterocycles. The second kappa shape index (κ2) is 21.3. The third kappa shape index (κ3) is 19.2. The molecule has 1 aromatic heterocycles. The Balaban J connectivity index is 0. The van der Waals surface area contributed by atoms with Gasteiger partial charge in [-0.1, -0.05) is 117 Å². The summed E-state index contributed by atoms with van der Waals surface area (Å²) in [4.78, 5) is 6.17. The predicted octanol–water partition coefficient (Wildman–Crippen LogP) is 10.1. The number of hydrogen-bond donors (Lipinski definition) is 1. The lowest BCUT2D eigenvalue weighted by atomic mass is 9.98. The topological polar surface area (TPSA) is 38.4 Å². The molecule has 0 aromatic carbocycles. The molecule has 3 heteroatoms. The largest absolute Gasteiger partial charge is 0.390 e. The first-order valence-electron chi connectivity index (χ1n) is 12.8. The highest BCUT2D eigenvalue weighted by Gasteiger charge is 2.08. The summed E-state index contributed by atoms with van der Waals surface area (Å²) in [6.45, 7) is 20.7. The number of hydrogen-bond acceptors (Lipinski definition) is 2. The lowest BCUT2D eigenvalue weighted by Gasteiger charge is -2.06. The first-order chi connectivity index (χ1) is 15.2. The smallest absolute Gasteiger partial charge is 0.0860 e. The third-order valence-electron chi connectivity index (χ3n) is 4.58. The van der Waals surface area contributed by atoms with Gasteiger partial charge in [0, 0.05) is 5.41 Å². The monoisotopic (exact) mass is 460 g/mol. The molecule has 0 aliphatic heterocycles. The molecular weight excluding hydrogens is 408 g/mol. The van der Waals surface area contributed by atoms with E-state index in [1.807, 2.05) is 26.8 Å². The Bertz CT molecular complexity index is 646. The SMILES string of the molecule is C1CCCCC1.C=C(C)c1sc(C#CC(C)(C)C)cc1N=CN.CC.CCCCCCC.